The Labute approximate surface area is 123 Å². The van der Waals surface area contributed by atoms with Crippen LogP contribution in [-0.2, 0) is 17.6 Å². The highest BCUT2D eigenvalue weighted by Crippen LogP contribution is 2.17. The first-order valence-corrected chi connectivity index (χ1v) is 7.74. The summed E-state index contributed by atoms with van der Waals surface area (Å²) in [5, 5.41) is 3.55. The van der Waals surface area contributed by atoms with E-state index in [2.05, 4.69) is 48.3 Å². The standard InChI is InChI=1S/C17H28N2O/c1-14(2)18-12-17(13-20-3)19-10-8-15-6-4-5-7-16(15)9-11-19/h4-7,14,17-18H,8-13H2,1-3H3. The van der Waals surface area contributed by atoms with Gasteiger partial charge < -0.3 is 10.1 Å². The van der Waals surface area contributed by atoms with E-state index in [0.29, 0.717) is 12.1 Å². The molecule has 1 unspecified atom stereocenters. The number of methoxy groups -OCH3 is 1. The van der Waals surface area contributed by atoms with E-state index < -0.39 is 0 Å². The van der Waals surface area contributed by atoms with Crippen molar-refractivity contribution < 1.29 is 4.74 Å². The second-order valence-electron chi connectivity index (χ2n) is 5.98. The van der Waals surface area contributed by atoms with Gasteiger partial charge in [-0.05, 0) is 24.0 Å². The molecule has 0 fully saturated rings. The lowest BCUT2D eigenvalue weighted by Gasteiger charge is -2.31. The summed E-state index contributed by atoms with van der Waals surface area (Å²) in [7, 11) is 1.80. The predicted molar refractivity (Wildman–Crippen MR) is 84.2 cm³/mol. The highest BCUT2D eigenvalue weighted by molar-refractivity contribution is 5.28. The Morgan fingerprint density at radius 1 is 1.15 bits per heavy atom. The number of fused-ring (bicyclic) bond motifs is 1. The molecule has 0 aromatic heterocycles. The molecule has 0 saturated carbocycles. The molecule has 3 heteroatoms. The van der Waals surface area contributed by atoms with Crippen LogP contribution >= 0.6 is 0 Å². The smallest absolute Gasteiger partial charge is 0.0630 e. The van der Waals surface area contributed by atoms with Crippen LogP contribution in [0.5, 0.6) is 0 Å². The number of hydrogen-bond donors (Lipinski definition) is 1. The number of ether oxygens (including phenoxy) is 1. The minimum atomic E-state index is 0.469. The van der Waals surface area contributed by atoms with Crippen molar-refractivity contribution in [3.63, 3.8) is 0 Å². The van der Waals surface area contributed by atoms with Gasteiger partial charge in [-0.3, -0.25) is 4.90 Å². The molecule has 1 aliphatic heterocycles. The van der Waals surface area contributed by atoms with Gasteiger partial charge >= 0.3 is 0 Å². The van der Waals surface area contributed by atoms with Crippen molar-refractivity contribution in [3.8, 4) is 0 Å². The van der Waals surface area contributed by atoms with Crippen LogP contribution in [0.3, 0.4) is 0 Å². The Morgan fingerprint density at radius 3 is 2.25 bits per heavy atom. The fourth-order valence-corrected chi connectivity index (χ4v) is 2.91. The molecule has 0 spiro atoms. The summed E-state index contributed by atoms with van der Waals surface area (Å²) in [6.07, 6.45) is 2.30. The number of hydrogen-bond acceptors (Lipinski definition) is 3. The van der Waals surface area contributed by atoms with Crippen molar-refractivity contribution in [2.45, 2.75) is 38.8 Å². The summed E-state index contributed by atoms with van der Waals surface area (Å²) in [6.45, 7) is 8.46. The third-order valence-electron chi connectivity index (χ3n) is 4.09. The second-order valence-corrected chi connectivity index (χ2v) is 5.98. The van der Waals surface area contributed by atoms with Crippen LogP contribution in [0, 0.1) is 0 Å². The van der Waals surface area contributed by atoms with E-state index in [-0.39, 0.29) is 0 Å². The van der Waals surface area contributed by atoms with E-state index in [1.54, 1.807) is 7.11 Å². The number of benzene rings is 1. The Bertz CT molecular complexity index is 379. The molecule has 1 N–H and O–H groups in total. The van der Waals surface area contributed by atoms with E-state index in [1.807, 2.05) is 0 Å². The van der Waals surface area contributed by atoms with Crippen LogP contribution in [0.4, 0.5) is 0 Å². The summed E-state index contributed by atoms with van der Waals surface area (Å²) in [4.78, 5) is 2.58. The molecule has 3 nitrogen and oxygen atoms in total. The molecule has 2 rings (SSSR count). The highest BCUT2D eigenvalue weighted by Gasteiger charge is 2.21. The van der Waals surface area contributed by atoms with Gasteiger partial charge in [0.1, 0.15) is 0 Å². The Morgan fingerprint density at radius 2 is 1.75 bits per heavy atom. The molecule has 1 aromatic carbocycles. The zero-order chi connectivity index (χ0) is 14.4. The fraction of sp³-hybridized carbons (Fsp3) is 0.647. The average molecular weight is 276 g/mol. The zero-order valence-corrected chi connectivity index (χ0v) is 13.1. The zero-order valence-electron chi connectivity index (χ0n) is 13.1. The van der Waals surface area contributed by atoms with Gasteiger partial charge in [0.05, 0.1) is 6.61 Å². The van der Waals surface area contributed by atoms with Gasteiger partial charge in [0.2, 0.25) is 0 Å². The second kappa shape index (κ2) is 7.77. The Hall–Kier alpha value is -0.900. The van der Waals surface area contributed by atoms with Crippen molar-refractivity contribution in [1.29, 1.82) is 0 Å². The summed E-state index contributed by atoms with van der Waals surface area (Å²) in [6, 6.07) is 9.85. The lowest BCUT2D eigenvalue weighted by Crippen LogP contribution is -2.47. The largest absolute Gasteiger partial charge is 0.383 e. The number of nitrogens with one attached hydrogen (secondary N) is 1. The minimum absolute atomic E-state index is 0.469. The number of rotatable bonds is 6. The molecule has 1 heterocycles. The third kappa shape index (κ3) is 4.30. The summed E-state index contributed by atoms with van der Waals surface area (Å²) < 4.78 is 5.43. The molecule has 0 radical (unpaired) electrons. The fourth-order valence-electron chi connectivity index (χ4n) is 2.91. The molecule has 20 heavy (non-hydrogen) atoms. The minimum Gasteiger partial charge on any atom is -0.383 e. The van der Waals surface area contributed by atoms with Gasteiger partial charge in [-0.2, -0.15) is 0 Å². The molecule has 1 aliphatic rings. The van der Waals surface area contributed by atoms with Crippen LogP contribution in [0.25, 0.3) is 0 Å². The predicted octanol–water partition coefficient (Wildman–Crippen LogP) is 2.10. The summed E-state index contributed by atoms with van der Waals surface area (Å²) in [5.41, 5.74) is 3.03. The lowest BCUT2D eigenvalue weighted by molar-refractivity contribution is 0.0906. The topological polar surface area (TPSA) is 24.5 Å². The quantitative estimate of drug-likeness (QED) is 0.861. The van der Waals surface area contributed by atoms with Crippen molar-refractivity contribution >= 4 is 0 Å². The van der Waals surface area contributed by atoms with E-state index in [4.69, 9.17) is 4.74 Å². The van der Waals surface area contributed by atoms with E-state index in [0.717, 1.165) is 39.1 Å². The van der Waals surface area contributed by atoms with Crippen LogP contribution in [0.15, 0.2) is 24.3 Å². The van der Waals surface area contributed by atoms with Crippen LogP contribution in [0.1, 0.15) is 25.0 Å². The molecular weight excluding hydrogens is 248 g/mol. The van der Waals surface area contributed by atoms with E-state index >= 15 is 0 Å². The van der Waals surface area contributed by atoms with Gasteiger partial charge in [0.15, 0.2) is 0 Å². The normalized spacial score (nSPS) is 17.8. The van der Waals surface area contributed by atoms with Gasteiger partial charge in [-0.15, -0.1) is 0 Å². The Kier molecular flexibility index (Phi) is 6.02. The average Bonchev–Trinajstić information content (AvgIpc) is 2.66. The summed E-state index contributed by atoms with van der Waals surface area (Å²) >= 11 is 0. The van der Waals surface area contributed by atoms with Gasteiger partial charge in [0, 0.05) is 38.8 Å². The van der Waals surface area contributed by atoms with Crippen LogP contribution in [-0.4, -0.2) is 50.3 Å². The first kappa shape index (κ1) is 15.5. The molecule has 0 amide bonds. The SMILES string of the molecule is COCC(CNC(C)C)N1CCc2ccccc2CC1. The lowest BCUT2D eigenvalue weighted by atomic mass is 10.0. The maximum absolute atomic E-state index is 5.43. The molecule has 112 valence electrons. The Balaban J connectivity index is 1.97. The first-order chi connectivity index (χ1) is 9.70. The molecule has 1 aromatic rings. The monoisotopic (exact) mass is 276 g/mol. The van der Waals surface area contributed by atoms with Crippen LogP contribution < -0.4 is 5.32 Å². The van der Waals surface area contributed by atoms with Gasteiger partial charge in [0.25, 0.3) is 0 Å². The summed E-state index contributed by atoms with van der Waals surface area (Å²) in [5.74, 6) is 0. The van der Waals surface area contributed by atoms with Gasteiger partial charge in [-0.1, -0.05) is 38.1 Å². The number of nitrogens with zero attached hydrogens (tertiary/aromatic N) is 1. The highest BCUT2D eigenvalue weighted by atomic mass is 16.5. The van der Waals surface area contributed by atoms with Crippen molar-refractivity contribution in [1.82, 2.24) is 10.2 Å². The molecular formula is C17H28N2O. The molecule has 0 bridgehead atoms. The van der Waals surface area contributed by atoms with Crippen molar-refractivity contribution in [2.24, 2.45) is 0 Å². The van der Waals surface area contributed by atoms with Crippen molar-refractivity contribution in [3.05, 3.63) is 35.4 Å². The van der Waals surface area contributed by atoms with Crippen molar-refractivity contribution in [2.75, 3.05) is 33.4 Å². The first-order valence-electron chi connectivity index (χ1n) is 7.74. The third-order valence-corrected chi connectivity index (χ3v) is 4.09. The molecule has 0 saturated heterocycles. The molecule has 1 atom stereocenters. The maximum atomic E-state index is 5.43. The van der Waals surface area contributed by atoms with Gasteiger partial charge in [-0.25, -0.2) is 0 Å². The van der Waals surface area contributed by atoms with Crippen LogP contribution in [0.2, 0.25) is 0 Å². The van der Waals surface area contributed by atoms with E-state index in [9.17, 15) is 0 Å². The maximum Gasteiger partial charge on any atom is 0.0630 e. The molecule has 0 aliphatic carbocycles. The van der Waals surface area contributed by atoms with E-state index in [1.165, 1.54) is 11.1 Å².